The second-order valence-electron chi connectivity index (χ2n) is 7.01. The van der Waals surface area contributed by atoms with Crippen LogP contribution in [-0.4, -0.2) is 43.1 Å². The van der Waals surface area contributed by atoms with Gasteiger partial charge in [-0.05, 0) is 56.7 Å². The van der Waals surface area contributed by atoms with Crippen molar-refractivity contribution in [3.8, 4) is 5.75 Å². The van der Waals surface area contributed by atoms with Gasteiger partial charge in [0.05, 0.1) is 11.6 Å². The minimum Gasteiger partial charge on any atom is -0.492 e. The molecular formula is C19H27Cl3N2O2. The van der Waals surface area contributed by atoms with Crippen LogP contribution in [0.15, 0.2) is 18.2 Å². The van der Waals surface area contributed by atoms with Crippen molar-refractivity contribution in [1.29, 1.82) is 0 Å². The average Bonchev–Trinajstić information content (AvgIpc) is 3.45. The largest absolute Gasteiger partial charge is 0.492 e. The molecule has 1 aromatic carbocycles. The number of benzene rings is 1. The van der Waals surface area contributed by atoms with Gasteiger partial charge in [-0.15, -0.1) is 12.4 Å². The van der Waals surface area contributed by atoms with Crippen LogP contribution in [0.3, 0.4) is 0 Å². The van der Waals surface area contributed by atoms with Crippen molar-refractivity contribution in [2.45, 2.75) is 44.6 Å². The third-order valence-corrected chi connectivity index (χ3v) is 5.75. The van der Waals surface area contributed by atoms with Gasteiger partial charge in [0.1, 0.15) is 10.8 Å². The van der Waals surface area contributed by atoms with Crippen LogP contribution in [0.5, 0.6) is 5.75 Å². The smallest absolute Gasteiger partial charge is 0.222 e. The number of likely N-dealkylation sites (tertiary alicyclic amines) is 1. The lowest BCUT2D eigenvalue weighted by Crippen LogP contribution is -2.45. The number of halogens is 3. The molecule has 2 fully saturated rings. The van der Waals surface area contributed by atoms with Gasteiger partial charge in [0, 0.05) is 25.6 Å². The zero-order valence-corrected chi connectivity index (χ0v) is 17.2. The fraction of sp³-hybridized carbons (Fsp3) is 0.632. The first-order valence-electron chi connectivity index (χ1n) is 9.21. The molecular weight excluding hydrogens is 395 g/mol. The molecule has 4 nitrogen and oxygen atoms in total. The van der Waals surface area contributed by atoms with E-state index in [1.807, 2.05) is 4.90 Å². The van der Waals surface area contributed by atoms with Crippen LogP contribution < -0.4 is 10.1 Å². The summed E-state index contributed by atoms with van der Waals surface area (Å²) in [6, 6.07) is 5.90. The van der Waals surface area contributed by atoms with Crippen molar-refractivity contribution in [2.75, 3.05) is 26.2 Å². The number of carbonyl (C=O) groups is 1. The molecule has 1 heterocycles. The quantitative estimate of drug-likeness (QED) is 0.625. The molecule has 7 heteroatoms. The van der Waals surface area contributed by atoms with E-state index in [2.05, 4.69) is 5.32 Å². The maximum Gasteiger partial charge on any atom is 0.222 e. The maximum absolute atomic E-state index is 12.3. The second-order valence-corrected chi connectivity index (χ2v) is 7.80. The summed E-state index contributed by atoms with van der Waals surface area (Å²) in [5, 5.41) is 4.55. The molecule has 146 valence electrons. The van der Waals surface area contributed by atoms with E-state index >= 15 is 0 Å². The van der Waals surface area contributed by atoms with Crippen LogP contribution in [-0.2, 0) is 4.79 Å². The van der Waals surface area contributed by atoms with Crippen LogP contribution >= 0.6 is 35.6 Å². The summed E-state index contributed by atoms with van der Waals surface area (Å²) in [7, 11) is 0. The van der Waals surface area contributed by atoms with Crippen molar-refractivity contribution in [1.82, 2.24) is 10.2 Å². The number of nitrogens with one attached hydrogen (secondary N) is 1. The molecule has 1 saturated heterocycles. The van der Waals surface area contributed by atoms with Crippen molar-refractivity contribution < 1.29 is 9.53 Å². The molecule has 1 aromatic rings. The minimum absolute atomic E-state index is 0. The molecule has 1 amide bonds. The predicted octanol–water partition coefficient (Wildman–Crippen LogP) is 4.56. The van der Waals surface area contributed by atoms with Crippen molar-refractivity contribution in [3.63, 3.8) is 0 Å². The van der Waals surface area contributed by atoms with E-state index in [1.165, 1.54) is 12.8 Å². The fourth-order valence-electron chi connectivity index (χ4n) is 3.15. The van der Waals surface area contributed by atoms with Crippen molar-refractivity contribution in [3.05, 3.63) is 28.2 Å². The summed E-state index contributed by atoms with van der Waals surface area (Å²) < 4.78 is 5.64. The van der Waals surface area contributed by atoms with Crippen molar-refractivity contribution >= 4 is 41.5 Å². The van der Waals surface area contributed by atoms with E-state index in [4.69, 9.17) is 27.9 Å². The highest BCUT2D eigenvalue weighted by Crippen LogP contribution is 2.31. The third-order valence-electron chi connectivity index (χ3n) is 4.95. The lowest BCUT2D eigenvalue weighted by atomic mass is 10.0. The number of piperidine rings is 1. The molecule has 1 aliphatic heterocycles. The molecule has 1 N–H and O–H groups in total. The van der Waals surface area contributed by atoms with Gasteiger partial charge in [-0.2, -0.15) is 0 Å². The first-order valence-corrected chi connectivity index (χ1v) is 9.97. The summed E-state index contributed by atoms with van der Waals surface area (Å²) in [6.07, 6.45) is 6.08. The molecule has 1 aliphatic carbocycles. The van der Waals surface area contributed by atoms with E-state index in [0.29, 0.717) is 41.3 Å². The number of ether oxygens (including phenoxy) is 1. The highest BCUT2D eigenvalue weighted by Gasteiger charge is 2.25. The molecule has 26 heavy (non-hydrogen) atoms. The van der Waals surface area contributed by atoms with Gasteiger partial charge in [0.15, 0.2) is 0 Å². The predicted molar refractivity (Wildman–Crippen MR) is 109 cm³/mol. The average molecular weight is 422 g/mol. The Hall–Kier alpha value is -0.680. The van der Waals surface area contributed by atoms with Crippen LogP contribution in [0.4, 0.5) is 0 Å². The van der Waals surface area contributed by atoms with E-state index in [-0.39, 0.29) is 18.3 Å². The standard InChI is InChI=1S/C19H26Cl2N2O2.ClH/c20-16-3-1-4-17(19(16)21)25-12-2-5-18(24)23-10-8-15(9-11-23)22-13-14-6-7-14;/h1,3-4,14-15,22H,2,5-13H2;1H. The summed E-state index contributed by atoms with van der Waals surface area (Å²) in [5.74, 6) is 1.71. The molecule has 0 spiro atoms. The minimum atomic E-state index is 0. The number of rotatable bonds is 8. The Morgan fingerprint density at radius 3 is 2.62 bits per heavy atom. The molecule has 2 aliphatic rings. The maximum atomic E-state index is 12.3. The Balaban J connectivity index is 0.00000243. The monoisotopic (exact) mass is 420 g/mol. The summed E-state index contributed by atoms with van der Waals surface area (Å²) in [5.41, 5.74) is 0. The topological polar surface area (TPSA) is 41.6 Å². The Morgan fingerprint density at radius 1 is 1.19 bits per heavy atom. The van der Waals surface area contributed by atoms with E-state index < -0.39 is 0 Å². The summed E-state index contributed by atoms with van der Waals surface area (Å²) in [4.78, 5) is 14.3. The van der Waals surface area contributed by atoms with Crippen molar-refractivity contribution in [2.24, 2.45) is 5.92 Å². The molecule has 0 bridgehead atoms. The van der Waals surface area contributed by atoms with E-state index in [1.54, 1.807) is 18.2 Å². The van der Waals surface area contributed by atoms with Crippen LogP contribution in [0.2, 0.25) is 10.0 Å². The van der Waals surface area contributed by atoms with Gasteiger partial charge < -0.3 is 15.0 Å². The normalized spacial score (nSPS) is 17.7. The number of nitrogens with zero attached hydrogens (tertiary/aromatic N) is 1. The third kappa shape index (κ3) is 6.49. The molecule has 3 rings (SSSR count). The number of hydrogen-bond donors (Lipinski definition) is 1. The van der Waals surface area contributed by atoms with E-state index in [0.717, 1.165) is 38.4 Å². The molecule has 0 aromatic heterocycles. The second kappa shape index (κ2) is 10.6. The van der Waals surface area contributed by atoms with Crippen LogP contribution in [0, 0.1) is 5.92 Å². The molecule has 1 saturated carbocycles. The zero-order chi connectivity index (χ0) is 17.6. The molecule has 0 atom stereocenters. The highest BCUT2D eigenvalue weighted by atomic mass is 35.5. The first-order chi connectivity index (χ1) is 12.1. The zero-order valence-electron chi connectivity index (χ0n) is 14.9. The summed E-state index contributed by atoms with van der Waals surface area (Å²) >= 11 is 12.0. The van der Waals surface area contributed by atoms with Gasteiger partial charge >= 0.3 is 0 Å². The van der Waals surface area contributed by atoms with E-state index in [9.17, 15) is 4.79 Å². The van der Waals surface area contributed by atoms with Gasteiger partial charge in [-0.1, -0.05) is 29.3 Å². The Bertz CT molecular complexity index is 588. The summed E-state index contributed by atoms with van der Waals surface area (Å²) in [6.45, 7) is 3.34. The van der Waals surface area contributed by atoms with Crippen LogP contribution in [0.25, 0.3) is 0 Å². The Kier molecular flexibility index (Phi) is 8.82. The number of hydrogen-bond acceptors (Lipinski definition) is 3. The number of carbonyl (C=O) groups excluding carboxylic acids is 1. The fourth-order valence-corrected chi connectivity index (χ4v) is 3.49. The first kappa shape index (κ1) is 21.6. The number of amides is 1. The lowest BCUT2D eigenvalue weighted by molar-refractivity contribution is -0.132. The molecule has 0 unspecified atom stereocenters. The van der Waals surface area contributed by atoms with Crippen LogP contribution in [0.1, 0.15) is 38.5 Å². The van der Waals surface area contributed by atoms with Gasteiger partial charge in [0.2, 0.25) is 5.91 Å². The SMILES string of the molecule is Cl.O=C(CCCOc1cccc(Cl)c1Cl)N1CCC(NCC2CC2)CC1. The highest BCUT2D eigenvalue weighted by molar-refractivity contribution is 6.42. The Labute approximate surface area is 172 Å². The molecule has 0 radical (unpaired) electrons. The Morgan fingerprint density at radius 2 is 1.92 bits per heavy atom. The van der Waals surface area contributed by atoms with Gasteiger partial charge in [0.25, 0.3) is 0 Å². The van der Waals surface area contributed by atoms with Gasteiger partial charge in [-0.25, -0.2) is 0 Å². The van der Waals surface area contributed by atoms with Gasteiger partial charge in [-0.3, -0.25) is 4.79 Å². The lowest BCUT2D eigenvalue weighted by Gasteiger charge is -2.32.